The number of rotatable bonds is 3. The molecule has 8 nitrogen and oxygen atoms in total. The molecule has 0 bridgehead atoms. The Kier molecular flexibility index (Phi) is 4.01. The van der Waals surface area contributed by atoms with Crippen LogP contribution in [-0.4, -0.2) is 55.9 Å². The van der Waals surface area contributed by atoms with E-state index in [0.717, 1.165) is 55.0 Å². The molecular weight excluding hydrogens is 316 g/mol. The Bertz CT molecular complexity index is 852. The molecule has 0 N–H and O–H groups in total. The van der Waals surface area contributed by atoms with Gasteiger partial charge in [0.2, 0.25) is 0 Å². The highest BCUT2D eigenvalue weighted by molar-refractivity contribution is 5.46. The lowest BCUT2D eigenvalue weighted by Crippen LogP contribution is -2.47. The van der Waals surface area contributed by atoms with Crippen LogP contribution in [0.3, 0.4) is 0 Å². The van der Waals surface area contributed by atoms with Gasteiger partial charge in [-0.15, -0.1) is 0 Å². The van der Waals surface area contributed by atoms with Crippen molar-refractivity contribution in [1.29, 1.82) is 0 Å². The molecule has 1 aliphatic rings. The summed E-state index contributed by atoms with van der Waals surface area (Å²) >= 11 is 0. The lowest BCUT2D eigenvalue weighted by Gasteiger charge is -2.35. The van der Waals surface area contributed by atoms with Crippen LogP contribution in [0.5, 0.6) is 0 Å². The summed E-state index contributed by atoms with van der Waals surface area (Å²) in [6.07, 6.45) is 6.84. The molecule has 128 valence electrons. The van der Waals surface area contributed by atoms with E-state index in [4.69, 9.17) is 0 Å². The molecule has 1 aliphatic heterocycles. The van der Waals surface area contributed by atoms with E-state index in [1.165, 1.54) is 0 Å². The molecule has 0 atom stereocenters. The summed E-state index contributed by atoms with van der Waals surface area (Å²) in [5.41, 5.74) is 2.05. The molecule has 8 heteroatoms. The van der Waals surface area contributed by atoms with Crippen molar-refractivity contribution in [1.82, 2.24) is 29.7 Å². The number of nitrogens with zero attached hydrogens (tertiary/aromatic N) is 8. The maximum atomic E-state index is 4.50. The van der Waals surface area contributed by atoms with Crippen LogP contribution >= 0.6 is 0 Å². The Morgan fingerprint density at radius 3 is 2.16 bits per heavy atom. The topological polar surface area (TPSA) is 75.9 Å². The highest BCUT2D eigenvalue weighted by Gasteiger charge is 2.20. The van der Waals surface area contributed by atoms with Crippen molar-refractivity contribution in [3.8, 4) is 5.82 Å². The van der Waals surface area contributed by atoms with Crippen molar-refractivity contribution in [2.75, 3.05) is 36.0 Å². The highest BCUT2D eigenvalue weighted by atomic mass is 15.3. The van der Waals surface area contributed by atoms with E-state index >= 15 is 0 Å². The minimum absolute atomic E-state index is 0.798. The first kappa shape index (κ1) is 15.5. The molecule has 0 radical (unpaired) electrons. The van der Waals surface area contributed by atoms with Gasteiger partial charge in [-0.1, -0.05) is 0 Å². The predicted octanol–water partition coefficient (Wildman–Crippen LogP) is 1.40. The zero-order valence-corrected chi connectivity index (χ0v) is 14.4. The van der Waals surface area contributed by atoms with Crippen LogP contribution in [0.1, 0.15) is 11.4 Å². The molecule has 1 saturated heterocycles. The summed E-state index contributed by atoms with van der Waals surface area (Å²) in [7, 11) is 0. The van der Waals surface area contributed by atoms with Gasteiger partial charge in [0, 0.05) is 50.3 Å². The molecule has 0 spiro atoms. The van der Waals surface area contributed by atoms with Crippen LogP contribution in [0.25, 0.3) is 5.82 Å². The fourth-order valence-electron chi connectivity index (χ4n) is 3.11. The Balaban J connectivity index is 1.50. The third-order valence-electron chi connectivity index (χ3n) is 4.34. The van der Waals surface area contributed by atoms with E-state index in [-0.39, 0.29) is 0 Å². The van der Waals surface area contributed by atoms with Gasteiger partial charge < -0.3 is 9.80 Å². The van der Waals surface area contributed by atoms with E-state index in [9.17, 15) is 0 Å². The molecule has 0 aliphatic carbocycles. The average molecular weight is 336 g/mol. The van der Waals surface area contributed by atoms with Crippen molar-refractivity contribution in [2.45, 2.75) is 13.8 Å². The van der Waals surface area contributed by atoms with Gasteiger partial charge in [0.25, 0.3) is 0 Å². The van der Waals surface area contributed by atoms with Gasteiger partial charge in [-0.3, -0.25) is 4.98 Å². The molecule has 25 heavy (non-hydrogen) atoms. The molecule has 4 heterocycles. The predicted molar refractivity (Wildman–Crippen MR) is 95.1 cm³/mol. The van der Waals surface area contributed by atoms with Gasteiger partial charge in [0.15, 0.2) is 5.82 Å². The summed E-state index contributed by atoms with van der Waals surface area (Å²) < 4.78 is 1.86. The van der Waals surface area contributed by atoms with E-state index < -0.39 is 0 Å². The number of hydrogen-bond donors (Lipinski definition) is 0. The summed E-state index contributed by atoms with van der Waals surface area (Å²) in [5, 5.41) is 4.50. The Morgan fingerprint density at radius 2 is 1.52 bits per heavy atom. The zero-order valence-electron chi connectivity index (χ0n) is 14.4. The average Bonchev–Trinajstić information content (AvgIpc) is 3.01. The van der Waals surface area contributed by atoms with Crippen LogP contribution < -0.4 is 9.80 Å². The fourth-order valence-corrected chi connectivity index (χ4v) is 3.11. The highest BCUT2D eigenvalue weighted by Crippen LogP contribution is 2.19. The van der Waals surface area contributed by atoms with E-state index in [0.29, 0.717) is 0 Å². The zero-order chi connectivity index (χ0) is 17.2. The van der Waals surface area contributed by atoms with E-state index in [2.05, 4.69) is 34.8 Å². The second-order valence-corrected chi connectivity index (χ2v) is 6.11. The van der Waals surface area contributed by atoms with Gasteiger partial charge in [-0.2, -0.15) is 5.10 Å². The quantitative estimate of drug-likeness (QED) is 0.715. The molecule has 4 rings (SSSR count). The van der Waals surface area contributed by atoms with E-state index in [1.807, 2.05) is 30.7 Å². The molecule has 0 aromatic carbocycles. The molecule has 0 amide bonds. The monoisotopic (exact) mass is 336 g/mol. The summed E-state index contributed by atoms with van der Waals surface area (Å²) in [5.74, 6) is 2.65. The van der Waals surface area contributed by atoms with Crippen LogP contribution in [0, 0.1) is 13.8 Å². The van der Waals surface area contributed by atoms with Crippen molar-refractivity contribution < 1.29 is 0 Å². The Hall–Kier alpha value is -3.03. The van der Waals surface area contributed by atoms with Gasteiger partial charge in [-0.25, -0.2) is 19.6 Å². The minimum Gasteiger partial charge on any atom is -0.353 e. The third kappa shape index (κ3) is 3.15. The van der Waals surface area contributed by atoms with Crippen molar-refractivity contribution >= 4 is 11.6 Å². The lowest BCUT2D eigenvalue weighted by molar-refractivity contribution is 0.639. The number of hydrogen-bond acceptors (Lipinski definition) is 7. The smallest absolute Gasteiger partial charge is 0.159 e. The second kappa shape index (κ2) is 6.46. The first-order valence-electron chi connectivity index (χ1n) is 8.32. The van der Waals surface area contributed by atoms with Crippen LogP contribution in [-0.2, 0) is 0 Å². The SMILES string of the molecule is Cc1cc(C)n(-c2cc(N3CCN(c4cnccn4)CC3)ncn2)n1. The standard InChI is InChI=1S/C17H20N8/c1-13-9-14(2)25(22-13)16-10-15(20-12-21-16)23-5-7-24(8-6-23)17-11-18-3-4-19-17/h3-4,9-12H,5-8H2,1-2H3. The largest absolute Gasteiger partial charge is 0.353 e. The van der Waals surface area contributed by atoms with E-state index in [1.54, 1.807) is 24.9 Å². The number of anilines is 2. The number of piperazine rings is 1. The molecule has 1 fully saturated rings. The maximum Gasteiger partial charge on any atom is 0.159 e. The normalized spacial score (nSPS) is 14.8. The minimum atomic E-state index is 0.798. The molecule has 3 aromatic rings. The molecule has 3 aromatic heterocycles. The van der Waals surface area contributed by atoms with Crippen LogP contribution in [0.4, 0.5) is 11.6 Å². The van der Waals surface area contributed by atoms with Crippen molar-refractivity contribution in [3.05, 3.63) is 48.4 Å². The van der Waals surface area contributed by atoms with Gasteiger partial charge >= 0.3 is 0 Å². The van der Waals surface area contributed by atoms with Gasteiger partial charge in [-0.05, 0) is 19.9 Å². The Labute approximate surface area is 146 Å². The van der Waals surface area contributed by atoms with Crippen molar-refractivity contribution in [2.24, 2.45) is 0 Å². The van der Waals surface area contributed by atoms with Crippen LogP contribution in [0.2, 0.25) is 0 Å². The number of aromatic nitrogens is 6. The fraction of sp³-hybridized carbons (Fsp3) is 0.353. The third-order valence-corrected chi connectivity index (χ3v) is 4.34. The van der Waals surface area contributed by atoms with Crippen LogP contribution in [0.15, 0.2) is 37.1 Å². The lowest BCUT2D eigenvalue weighted by atomic mass is 10.3. The van der Waals surface area contributed by atoms with Gasteiger partial charge in [0.05, 0.1) is 11.9 Å². The summed E-state index contributed by atoms with van der Waals surface area (Å²) in [4.78, 5) is 21.9. The first-order chi connectivity index (χ1) is 12.2. The van der Waals surface area contributed by atoms with Gasteiger partial charge in [0.1, 0.15) is 18.0 Å². The molecule has 0 unspecified atom stereocenters. The molecular formula is C17H20N8. The number of aryl methyl sites for hydroxylation is 2. The summed E-state index contributed by atoms with van der Waals surface area (Å²) in [6, 6.07) is 4.04. The molecule has 0 saturated carbocycles. The first-order valence-corrected chi connectivity index (χ1v) is 8.32. The summed E-state index contributed by atoms with van der Waals surface area (Å²) in [6.45, 7) is 7.54. The Morgan fingerprint density at radius 1 is 0.800 bits per heavy atom. The maximum absolute atomic E-state index is 4.50. The second-order valence-electron chi connectivity index (χ2n) is 6.11. The van der Waals surface area contributed by atoms with Crippen molar-refractivity contribution in [3.63, 3.8) is 0 Å².